The monoisotopic (exact) mass is 244 g/mol. The first-order valence-corrected chi connectivity index (χ1v) is 7.26. The Bertz CT molecular complexity index is 215. The highest BCUT2D eigenvalue weighted by Crippen LogP contribution is 2.19. The highest BCUT2D eigenvalue weighted by Gasteiger charge is 2.16. The molecule has 0 aliphatic carbocycles. The standard InChI is InChI=1S/C12H24N2OS/c1-10(2)11(3)16-9-4-12(15)14-7-5-13-6-8-14/h10-11,13H,4-9H2,1-3H3. The largest absolute Gasteiger partial charge is 0.340 e. The molecule has 1 saturated heterocycles. The number of carbonyl (C=O) groups is 1. The molecule has 1 rings (SSSR count). The predicted molar refractivity (Wildman–Crippen MR) is 70.8 cm³/mol. The zero-order valence-corrected chi connectivity index (χ0v) is 11.5. The molecule has 0 aromatic rings. The first-order chi connectivity index (χ1) is 7.61. The van der Waals surface area contributed by atoms with Gasteiger partial charge in [0.2, 0.25) is 5.91 Å². The summed E-state index contributed by atoms with van der Waals surface area (Å²) in [6, 6.07) is 0. The van der Waals surface area contributed by atoms with Crippen molar-refractivity contribution in [1.29, 1.82) is 0 Å². The minimum atomic E-state index is 0.324. The number of rotatable bonds is 5. The molecule has 4 heteroatoms. The lowest BCUT2D eigenvalue weighted by atomic mass is 10.2. The summed E-state index contributed by atoms with van der Waals surface area (Å²) < 4.78 is 0. The van der Waals surface area contributed by atoms with Gasteiger partial charge in [0, 0.05) is 43.6 Å². The third-order valence-corrected chi connectivity index (χ3v) is 4.62. The van der Waals surface area contributed by atoms with Gasteiger partial charge in [0.25, 0.3) is 0 Å². The molecule has 1 fully saturated rings. The van der Waals surface area contributed by atoms with Crippen LogP contribution in [0.15, 0.2) is 0 Å². The zero-order valence-electron chi connectivity index (χ0n) is 10.7. The Balaban J connectivity index is 2.14. The van der Waals surface area contributed by atoms with Crippen LogP contribution in [0.4, 0.5) is 0 Å². The van der Waals surface area contributed by atoms with E-state index in [1.165, 1.54) is 0 Å². The van der Waals surface area contributed by atoms with E-state index in [9.17, 15) is 4.79 Å². The van der Waals surface area contributed by atoms with Gasteiger partial charge in [-0.15, -0.1) is 0 Å². The highest BCUT2D eigenvalue weighted by molar-refractivity contribution is 7.99. The Morgan fingerprint density at radius 3 is 2.50 bits per heavy atom. The van der Waals surface area contributed by atoms with E-state index in [-0.39, 0.29) is 0 Å². The molecule has 1 atom stereocenters. The van der Waals surface area contributed by atoms with Crippen LogP contribution in [-0.4, -0.2) is 48.0 Å². The molecule has 3 nitrogen and oxygen atoms in total. The van der Waals surface area contributed by atoms with Crippen molar-refractivity contribution < 1.29 is 4.79 Å². The van der Waals surface area contributed by atoms with E-state index in [1.54, 1.807) is 0 Å². The lowest BCUT2D eigenvalue weighted by Crippen LogP contribution is -2.46. The van der Waals surface area contributed by atoms with Gasteiger partial charge in [-0.25, -0.2) is 0 Å². The van der Waals surface area contributed by atoms with Gasteiger partial charge in [0.15, 0.2) is 0 Å². The molecule has 0 aromatic heterocycles. The second kappa shape index (κ2) is 7.17. The quantitative estimate of drug-likeness (QED) is 0.797. The molecular formula is C12H24N2OS. The lowest BCUT2D eigenvalue weighted by Gasteiger charge is -2.27. The summed E-state index contributed by atoms with van der Waals surface area (Å²) in [4.78, 5) is 13.8. The van der Waals surface area contributed by atoms with Gasteiger partial charge < -0.3 is 10.2 Å². The fraction of sp³-hybridized carbons (Fsp3) is 0.917. The minimum absolute atomic E-state index is 0.324. The Morgan fingerprint density at radius 2 is 1.94 bits per heavy atom. The van der Waals surface area contributed by atoms with E-state index in [0.717, 1.165) is 31.9 Å². The molecular weight excluding hydrogens is 220 g/mol. The maximum atomic E-state index is 11.8. The molecule has 0 aromatic carbocycles. The Hall–Kier alpha value is -0.220. The van der Waals surface area contributed by atoms with E-state index < -0.39 is 0 Å². The van der Waals surface area contributed by atoms with E-state index in [1.807, 2.05) is 16.7 Å². The maximum Gasteiger partial charge on any atom is 0.223 e. The Morgan fingerprint density at radius 1 is 1.31 bits per heavy atom. The average Bonchev–Trinajstić information content (AvgIpc) is 2.29. The van der Waals surface area contributed by atoms with Gasteiger partial charge in [-0.3, -0.25) is 4.79 Å². The summed E-state index contributed by atoms with van der Waals surface area (Å²) in [5.74, 6) is 1.98. The number of hydrogen-bond acceptors (Lipinski definition) is 3. The van der Waals surface area contributed by atoms with Crippen LogP contribution in [0.3, 0.4) is 0 Å². The Labute approximate surface area is 103 Å². The van der Waals surface area contributed by atoms with E-state index in [4.69, 9.17) is 0 Å². The SMILES string of the molecule is CC(C)C(C)SCCC(=O)N1CCNCC1. The first-order valence-electron chi connectivity index (χ1n) is 6.21. The smallest absolute Gasteiger partial charge is 0.223 e. The molecule has 1 amide bonds. The molecule has 1 aliphatic heterocycles. The van der Waals surface area contributed by atoms with Crippen LogP contribution in [0.5, 0.6) is 0 Å². The first kappa shape index (κ1) is 13.8. The van der Waals surface area contributed by atoms with Gasteiger partial charge in [0.1, 0.15) is 0 Å². The van der Waals surface area contributed by atoms with Crippen LogP contribution in [0, 0.1) is 5.92 Å². The molecule has 1 N–H and O–H groups in total. The number of nitrogens with one attached hydrogen (secondary N) is 1. The van der Waals surface area contributed by atoms with Crippen molar-refractivity contribution in [2.24, 2.45) is 5.92 Å². The number of nitrogens with zero attached hydrogens (tertiary/aromatic N) is 1. The molecule has 1 aliphatic rings. The topological polar surface area (TPSA) is 32.3 Å². The van der Waals surface area contributed by atoms with Crippen LogP contribution in [0.25, 0.3) is 0 Å². The highest BCUT2D eigenvalue weighted by atomic mass is 32.2. The number of carbonyl (C=O) groups excluding carboxylic acids is 1. The van der Waals surface area contributed by atoms with Crippen molar-refractivity contribution in [1.82, 2.24) is 10.2 Å². The van der Waals surface area contributed by atoms with Crippen molar-refractivity contribution in [3.8, 4) is 0 Å². The fourth-order valence-electron chi connectivity index (χ4n) is 1.60. The molecule has 0 spiro atoms. The summed E-state index contributed by atoms with van der Waals surface area (Å²) in [6.45, 7) is 10.4. The number of hydrogen-bond donors (Lipinski definition) is 1. The molecule has 0 saturated carbocycles. The maximum absolute atomic E-state index is 11.8. The molecule has 1 unspecified atom stereocenters. The van der Waals surface area contributed by atoms with Gasteiger partial charge in [0.05, 0.1) is 0 Å². The average molecular weight is 244 g/mol. The van der Waals surface area contributed by atoms with Gasteiger partial charge >= 0.3 is 0 Å². The van der Waals surface area contributed by atoms with Crippen molar-refractivity contribution in [2.75, 3.05) is 31.9 Å². The second-order valence-electron chi connectivity index (χ2n) is 4.70. The third-order valence-electron chi connectivity index (χ3n) is 3.11. The van der Waals surface area contributed by atoms with E-state index in [0.29, 0.717) is 23.5 Å². The van der Waals surface area contributed by atoms with Crippen molar-refractivity contribution >= 4 is 17.7 Å². The third kappa shape index (κ3) is 4.74. The van der Waals surface area contributed by atoms with Crippen LogP contribution in [0.2, 0.25) is 0 Å². The van der Waals surface area contributed by atoms with Crippen molar-refractivity contribution in [2.45, 2.75) is 32.4 Å². The summed E-state index contributed by atoms with van der Waals surface area (Å²) in [5.41, 5.74) is 0. The van der Waals surface area contributed by atoms with Crippen molar-refractivity contribution in [3.63, 3.8) is 0 Å². The van der Waals surface area contributed by atoms with Crippen LogP contribution >= 0.6 is 11.8 Å². The molecule has 94 valence electrons. The Kier molecular flexibility index (Phi) is 6.21. The summed E-state index contributed by atoms with van der Waals surface area (Å²) >= 11 is 1.91. The molecule has 0 radical (unpaired) electrons. The van der Waals surface area contributed by atoms with Crippen LogP contribution in [0.1, 0.15) is 27.2 Å². The fourth-order valence-corrected chi connectivity index (χ4v) is 2.65. The number of piperazine rings is 1. The van der Waals surface area contributed by atoms with Crippen molar-refractivity contribution in [3.05, 3.63) is 0 Å². The van der Waals surface area contributed by atoms with Gasteiger partial charge in [-0.2, -0.15) is 11.8 Å². The number of amides is 1. The van der Waals surface area contributed by atoms with Crippen LogP contribution in [-0.2, 0) is 4.79 Å². The summed E-state index contributed by atoms with van der Waals surface area (Å²) in [5, 5.41) is 3.91. The molecule has 16 heavy (non-hydrogen) atoms. The molecule has 1 heterocycles. The molecule has 0 bridgehead atoms. The zero-order chi connectivity index (χ0) is 12.0. The second-order valence-corrected chi connectivity index (χ2v) is 6.19. The van der Waals surface area contributed by atoms with Gasteiger partial charge in [-0.05, 0) is 5.92 Å². The minimum Gasteiger partial charge on any atom is -0.340 e. The normalized spacial score (nSPS) is 18.9. The lowest BCUT2D eigenvalue weighted by molar-refractivity contribution is -0.131. The number of thioether (sulfide) groups is 1. The van der Waals surface area contributed by atoms with E-state index >= 15 is 0 Å². The predicted octanol–water partition coefficient (Wildman–Crippen LogP) is 1.59. The van der Waals surface area contributed by atoms with E-state index in [2.05, 4.69) is 26.1 Å². The summed E-state index contributed by atoms with van der Waals surface area (Å²) in [7, 11) is 0. The summed E-state index contributed by atoms with van der Waals surface area (Å²) in [6.07, 6.45) is 0.696. The van der Waals surface area contributed by atoms with Gasteiger partial charge in [-0.1, -0.05) is 20.8 Å². The van der Waals surface area contributed by atoms with Crippen LogP contribution < -0.4 is 5.32 Å².